The van der Waals surface area contributed by atoms with Crippen LogP contribution in [0, 0.1) is 5.92 Å². The third kappa shape index (κ3) is 4.35. The van der Waals surface area contributed by atoms with Gasteiger partial charge in [0, 0.05) is 26.2 Å². The third-order valence-corrected chi connectivity index (χ3v) is 3.78. The number of aliphatic carboxylic acids is 1. The molecule has 2 rings (SSSR count). The summed E-state index contributed by atoms with van der Waals surface area (Å²) in [6.07, 6.45) is 1.01. The number of hydrogen-bond acceptors (Lipinski definition) is 2. The highest BCUT2D eigenvalue weighted by Gasteiger charge is 2.08. The average molecular weight is 297 g/mol. The second-order valence-electron chi connectivity index (χ2n) is 6.05. The van der Waals surface area contributed by atoms with Gasteiger partial charge in [0.2, 0.25) is 0 Å². The lowest BCUT2D eigenvalue weighted by Crippen LogP contribution is -2.07. The maximum absolute atomic E-state index is 10.7. The maximum Gasteiger partial charge on any atom is 0.303 e. The van der Waals surface area contributed by atoms with Crippen LogP contribution in [-0.4, -0.2) is 25.2 Å². The highest BCUT2D eigenvalue weighted by Crippen LogP contribution is 2.23. The Kier molecular flexibility index (Phi) is 5.21. The Bertz CT molecular complexity index is 615. The first-order valence-corrected chi connectivity index (χ1v) is 7.54. The van der Waals surface area contributed by atoms with E-state index >= 15 is 0 Å². The van der Waals surface area contributed by atoms with Crippen LogP contribution in [0.1, 0.15) is 18.9 Å². The van der Waals surface area contributed by atoms with Crippen molar-refractivity contribution in [1.82, 2.24) is 0 Å². The molecule has 0 heterocycles. The van der Waals surface area contributed by atoms with E-state index in [4.69, 9.17) is 5.11 Å². The Morgan fingerprint density at radius 1 is 1.00 bits per heavy atom. The Morgan fingerprint density at radius 2 is 1.50 bits per heavy atom. The molecule has 0 aromatic heterocycles. The number of carbonyl (C=O) groups is 1. The van der Waals surface area contributed by atoms with Gasteiger partial charge < -0.3 is 10.0 Å². The van der Waals surface area contributed by atoms with Crippen molar-refractivity contribution >= 4 is 11.7 Å². The average Bonchev–Trinajstić information content (AvgIpc) is 2.47. The zero-order valence-electron chi connectivity index (χ0n) is 13.4. The van der Waals surface area contributed by atoms with Gasteiger partial charge in [-0.05, 0) is 41.2 Å². The summed E-state index contributed by atoms with van der Waals surface area (Å²) in [6.45, 7) is 1.97. The van der Waals surface area contributed by atoms with Crippen LogP contribution in [0.4, 0.5) is 5.69 Å². The Morgan fingerprint density at radius 3 is 1.95 bits per heavy atom. The largest absolute Gasteiger partial charge is 0.481 e. The van der Waals surface area contributed by atoms with E-state index < -0.39 is 5.97 Å². The summed E-state index contributed by atoms with van der Waals surface area (Å²) >= 11 is 0. The maximum atomic E-state index is 10.7. The first kappa shape index (κ1) is 16.1. The second-order valence-corrected chi connectivity index (χ2v) is 6.05. The molecule has 0 saturated carbocycles. The van der Waals surface area contributed by atoms with Gasteiger partial charge in [0.05, 0.1) is 0 Å². The molecule has 0 aliphatic rings. The summed E-state index contributed by atoms with van der Waals surface area (Å²) in [6, 6.07) is 16.9. The van der Waals surface area contributed by atoms with Crippen LogP contribution in [-0.2, 0) is 11.2 Å². The molecule has 2 aromatic rings. The standard InChI is InChI=1S/C19H23NO2/c1-14(13-19(21)22)12-15-4-6-16(7-5-15)17-8-10-18(11-9-17)20(2)3/h4-11,14H,12-13H2,1-3H3,(H,21,22). The predicted molar refractivity (Wildman–Crippen MR) is 91.3 cm³/mol. The number of carboxylic acids is 1. The molecule has 2 aromatic carbocycles. The number of carboxylic acid groups (broad SMARTS) is 1. The lowest BCUT2D eigenvalue weighted by Gasteiger charge is -2.13. The smallest absolute Gasteiger partial charge is 0.303 e. The first-order chi connectivity index (χ1) is 10.5. The van der Waals surface area contributed by atoms with Crippen LogP contribution in [0.5, 0.6) is 0 Å². The zero-order chi connectivity index (χ0) is 16.1. The van der Waals surface area contributed by atoms with Crippen molar-refractivity contribution in [3.63, 3.8) is 0 Å². The minimum atomic E-state index is -0.731. The van der Waals surface area contributed by atoms with E-state index in [1.54, 1.807) is 0 Å². The first-order valence-electron chi connectivity index (χ1n) is 7.54. The third-order valence-electron chi connectivity index (χ3n) is 3.78. The summed E-state index contributed by atoms with van der Waals surface area (Å²) < 4.78 is 0. The molecule has 0 amide bonds. The van der Waals surface area contributed by atoms with Crippen molar-refractivity contribution in [3.05, 3.63) is 54.1 Å². The van der Waals surface area contributed by atoms with Crippen LogP contribution in [0.25, 0.3) is 11.1 Å². The molecule has 0 aliphatic heterocycles. The molecule has 3 nitrogen and oxygen atoms in total. The van der Waals surface area contributed by atoms with Crippen LogP contribution >= 0.6 is 0 Å². The Hall–Kier alpha value is -2.29. The van der Waals surface area contributed by atoms with E-state index in [1.807, 2.05) is 21.0 Å². The van der Waals surface area contributed by atoms with E-state index in [0.717, 1.165) is 6.42 Å². The molecule has 0 aliphatic carbocycles. The molecular formula is C19H23NO2. The quantitative estimate of drug-likeness (QED) is 0.873. The molecule has 1 N–H and O–H groups in total. The molecule has 0 saturated heterocycles. The Balaban J connectivity index is 2.06. The molecule has 0 spiro atoms. The van der Waals surface area contributed by atoms with Gasteiger partial charge >= 0.3 is 5.97 Å². The number of benzene rings is 2. The summed E-state index contributed by atoms with van der Waals surface area (Å²) in [5.74, 6) is -0.576. The Labute approximate surface area is 132 Å². The zero-order valence-corrected chi connectivity index (χ0v) is 13.4. The lowest BCUT2D eigenvalue weighted by molar-refractivity contribution is -0.137. The van der Waals surface area contributed by atoms with Crippen LogP contribution in [0.3, 0.4) is 0 Å². The highest BCUT2D eigenvalue weighted by atomic mass is 16.4. The molecule has 0 fully saturated rings. The van der Waals surface area contributed by atoms with Gasteiger partial charge in [-0.3, -0.25) is 4.79 Å². The van der Waals surface area contributed by atoms with Crippen molar-refractivity contribution in [2.24, 2.45) is 5.92 Å². The topological polar surface area (TPSA) is 40.5 Å². The molecule has 0 bridgehead atoms. The number of rotatable bonds is 6. The van der Waals surface area contributed by atoms with Crippen LogP contribution in [0.15, 0.2) is 48.5 Å². The van der Waals surface area contributed by atoms with E-state index in [-0.39, 0.29) is 12.3 Å². The summed E-state index contributed by atoms with van der Waals surface area (Å²) in [5, 5.41) is 8.81. The van der Waals surface area contributed by atoms with Gasteiger partial charge in [-0.1, -0.05) is 43.3 Å². The summed E-state index contributed by atoms with van der Waals surface area (Å²) in [7, 11) is 4.06. The summed E-state index contributed by atoms with van der Waals surface area (Å²) in [5.41, 5.74) is 4.74. The van der Waals surface area contributed by atoms with Gasteiger partial charge in [0.15, 0.2) is 0 Å². The molecule has 0 radical (unpaired) electrons. The van der Waals surface area contributed by atoms with E-state index in [9.17, 15) is 4.79 Å². The minimum Gasteiger partial charge on any atom is -0.481 e. The van der Waals surface area contributed by atoms with Crippen LogP contribution < -0.4 is 4.90 Å². The van der Waals surface area contributed by atoms with E-state index in [2.05, 4.69) is 53.4 Å². The molecule has 1 unspecified atom stereocenters. The fourth-order valence-electron chi connectivity index (χ4n) is 2.56. The van der Waals surface area contributed by atoms with Crippen molar-refractivity contribution in [2.75, 3.05) is 19.0 Å². The number of nitrogens with zero attached hydrogens (tertiary/aromatic N) is 1. The van der Waals surface area contributed by atoms with Crippen molar-refractivity contribution in [2.45, 2.75) is 19.8 Å². The van der Waals surface area contributed by atoms with E-state index in [0.29, 0.717) is 0 Å². The van der Waals surface area contributed by atoms with Gasteiger partial charge in [-0.25, -0.2) is 0 Å². The molecule has 116 valence electrons. The van der Waals surface area contributed by atoms with Gasteiger partial charge in [0.25, 0.3) is 0 Å². The lowest BCUT2D eigenvalue weighted by atomic mass is 9.96. The number of hydrogen-bond donors (Lipinski definition) is 1. The predicted octanol–water partition coefficient (Wildman–Crippen LogP) is 4.07. The molecule has 3 heteroatoms. The van der Waals surface area contributed by atoms with E-state index in [1.165, 1.54) is 22.4 Å². The van der Waals surface area contributed by atoms with Gasteiger partial charge in [-0.2, -0.15) is 0 Å². The van der Waals surface area contributed by atoms with Gasteiger partial charge in [-0.15, -0.1) is 0 Å². The van der Waals surface area contributed by atoms with Crippen molar-refractivity contribution in [3.8, 4) is 11.1 Å². The highest BCUT2D eigenvalue weighted by molar-refractivity contribution is 5.67. The minimum absolute atomic E-state index is 0.155. The molecule has 22 heavy (non-hydrogen) atoms. The number of anilines is 1. The van der Waals surface area contributed by atoms with Gasteiger partial charge in [0.1, 0.15) is 0 Å². The summed E-state index contributed by atoms with van der Waals surface area (Å²) in [4.78, 5) is 12.8. The fourth-order valence-corrected chi connectivity index (χ4v) is 2.56. The fraction of sp³-hybridized carbons (Fsp3) is 0.316. The second kappa shape index (κ2) is 7.12. The molecule has 1 atom stereocenters. The van der Waals surface area contributed by atoms with Crippen molar-refractivity contribution in [1.29, 1.82) is 0 Å². The monoisotopic (exact) mass is 297 g/mol. The van der Waals surface area contributed by atoms with Crippen LogP contribution in [0.2, 0.25) is 0 Å². The molecular weight excluding hydrogens is 274 g/mol. The normalized spacial score (nSPS) is 12.0. The SMILES string of the molecule is CC(CC(=O)O)Cc1ccc(-c2ccc(N(C)C)cc2)cc1. The van der Waals surface area contributed by atoms with Crippen molar-refractivity contribution < 1.29 is 9.90 Å².